The monoisotopic (exact) mass is 328 g/mol. The zero-order valence-corrected chi connectivity index (χ0v) is 12.8. The number of hydrogen-bond donors (Lipinski definition) is 1. The van der Waals surface area contributed by atoms with Gasteiger partial charge in [-0.05, 0) is 37.6 Å². The van der Waals surface area contributed by atoms with E-state index in [1.54, 1.807) is 25.2 Å². The second-order valence-corrected chi connectivity index (χ2v) is 6.08. The van der Waals surface area contributed by atoms with E-state index in [0.717, 1.165) is 5.52 Å². The molecule has 0 saturated carbocycles. The van der Waals surface area contributed by atoms with Gasteiger partial charge in [0.25, 0.3) is 0 Å². The molecule has 1 fully saturated rings. The smallest absolute Gasteiger partial charge is 0.399 e. The molecule has 0 bridgehead atoms. The van der Waals surface area contributed by atoms with Crippen LogP contribution in [0.5, 0.6) is 0 Å². The summed E-state index contributed by atoms with van der Waals surface area (Å²) in [7, 11) is 1.65. The van der Waals surface area contributed by atoms with Crippen molar-refractivity contribution in [1.29, 1.82) is 0 Å². The van der Waals surface area contributed by atoms with Crippen LogP contribution in [0.15, 0.2) is 23.0 Å². The number of aryl methyl sites for hydroxylation is 1. The summed E-state index contributed by atoms with van der Waals surface area (Å²) in [5.41, 5.74) is 7.47. The van der Waals surface area contributed by atoms with Crippen LogP contribution in [-0.2, 0) is 13.6 Å². The molecule has 1 aliphatic heterocycles. The number of aromatic nitrogens is 2. The molecule has 0 aliphatic carbocycles. The Morgan fingerprint density at radius 2 is 2.04 bits per heavy atom. The van der Waals surface area contributed by atoms with Crippen molar-refractivity contribution in [1.82, 2.24) is 14.0 Å². The molecule has 0 radical (unpaired) electrons. The SMILES string of the molecule is Cn1c(=O)n(C[C@@H]2CCCN2CC(F)(F)F)c2cc(N)ccc21. The summed E-state index contributed by atoms with van der Waals surface area (Å²) in [6.07, 6.45) is -2.86. The van der Waals surface area contributed by atoms with E-state index >= 15 is 0 Å². The number of nitrogens with two attached hydrogens (primary N) is 1. The van der Waals surface area contributed by atoms with Gasteiger partial charge in [0.2, 0.25) is 0 Å². The number of nitrogens with zero attached hydrogens (tertiary/aromatic N) is 3. The lowest BCUT2D eigenvalue weighted by molar-refractivity contribution is -0.148. The van der Waals surface area contributed by atoms with Crippen molar-refractivity contribution >= 4 is 16.7 Å². The Kier molecular flexibility index (Phi) is 3.87. The molecule has 5 nitrogen and oxygen atoms in total. The highest BCUT2D eigenvalue weighted by atomic mass is 19.4. The number of nitrogen functional groups attached to an aromatic ring is 1. The lowest BCUT2D eigenvalue weighted by Gasteiger charge is -2.25. The third-order valence-electron chi connectivity index (χ3n) is 4.44. The van der Waals surface area contributed by atoms with E-state index in [2.05, 4.69) is 0 Å². The van der Waals surface area contributed by atoms with Gasteiger partial charge in [0.05, 0.1) is 17.6 Å². The molecular formula is C15H19F3N4O. The highest BCUT2D eigenvalue weighted by Crippen LogP contribution is 2.26. The highest BCUT2D eigenvalue weighted by Gasteiger charge is 2.36. The Balaban J connectivity index is 1.93. The number of likely N-dealkylation sites (tertiary alicyclic amines) is 1. The first-order valence-corrected chi connectivity index (χ1v) is 7.52. The first-order chi connectivity index (χ1) is 10.8. The van der Waals surface area contributed by atoms with E-state index in [1.807, 2.05) is 0 Å². The molecule has 126 valence electrons. The molecule has 1 aliphatic rings. The van der Waals surface area contributed by atoms with E-state index in [0.29, 0.717) is 30.6 Å². The van der Waals surface area contributed by atoms with Crippen molar-refractivity contribution in [2.45, 2.75) is 31.6 Å². The molecule has 0 unspecified atom stereocenters. The zero-order chi connectivity index (χ0) is 16.8. The number of halogens is 3. The number of alkyl halides is 3. The predicted octanol–water partition coefficient (Wildman–Crippen LogP) is 1.95. The first-order valence-electron chi connectivity index (χ1n) is 7.52. The van der Waals surface area contributed by atoms with Crippen molar-refractivity contribution in [3.63, 3.8) is 0 Å². The van der Waals surface area contributed by atoms with Gasteiger partial charge in [0.1, 0.15) is 0 Å². The summed E-state index contributed by atoms with van der Waals surface area (Å²) in [4.78, 5) is 13.8. The second-order valence-electron chi connectivity index (χ2n) is 6.08. The van der Waals surface area contributed by atoms with Crippen molar-refractivity contribution < 1.29 is 13.2 Å². The summed E-state index contributed by atoms with van der Waals surface area (Å²) < 4.78 is 41.1. The second kappa shape index (κ2) is 5.59. The molecule has 1 aromatic carbocycles. The van der Waals surface area contributed by atoms with E-state index in [-0.39, 0.29) is 18.3 Å². The third kappa shape index (κ3) is 3.08. The lowest BCUT2D eigenvalue weighted by atomic mass is 10.2. The van der Waals surface area contributed by atoms with Gasteiger partial charge in [-0.25, -0.2) is 4.79 Å². The van der Waals surface area contributed by atoms with Crippen LogP contribution in [0.4, 0.5) is 18.9 Å². The fourth-order valence-electron chi connectivity index (χ4n) is 3.35. The number of anilines is 1. The molecule has 8 heteroatoms. The minimum Gasteiger partial charge on any atom is -0.399 e. The topological polar surface area (TPSA) is 56.2 Å². The zero-order valence-electron chi connectivity index (χ0n) is 12.8. The van der Waals surface area contributed by atoms with Crippen LogP contribution in [0.25, 0.3) is 11.0 Å². The Hall–Kier alpha value is -1.96. The van der Waals surface area contributed by atoms with Crippen LogP contribution in [0, 0.1) is 0 Å². The average molecular weight is 328 g/mol. The Bertz CT molecular complexity index is 777. The van der Waals surface area contributed by atoms with Crippen molar-refractivity contribution in [2.24, 2.45) is 7.05 Å². The molecule has 2 aromatic rings. The fourth-order valence-corrected chi connectivity index (χ4v) is 3.35. The molecular weight excluding hydrogens is 309 g/mol. The first kappa shape index (κ1) is 15.9. The molecule has 3 rings (SSSR count). The average Bonchev–Trinajstić information content (AvgIpc) is 2.96. The predicted molar refractivity (Wildman–Crippen MR) is 82.2 cm³/mol. The quantitative estimate of drug-likeness (QED) is 0.876. The van der Waals surface area contributed by atoms with E-state index in [9.17, 15) is 18.0 Å². The van der Waals surface area contributed by atoms with Gasteiger partial charge in [-0.3, -0.25) is 14.0 Å². The van der Waals surface area contributed by atoms with Crippen LogP contribution < -0.4 is 11.4 Å². The number of rotatable bonds is 3. The highest BCUT2D eigenvalue weighted by molar-refractivity contribution is 5.79. The molecule has 1 aromatic heterocycles. The van der Waals surface area contributed by atoms with Crippen molar-refractivity contribution in [2.75, 3.05) is 18.8 Å². The van der Waals surface area contributed by atoms with Crippen molar-refractivity contribution in [3.05, 3.63) is 28.7 Å². The molecule has 0 spiro atoms. The van der Waals surface area contributed by atoms with Gasteiger partial charge in [-0.15, -0.1) is 0 Å². The molecule has 0 amide bonds. The summed E-state index contributed by atoms with van der Waals surface area (Å²) in [6, 6.07) is 4.86. The summed E-state index contributed by atoms with van der Waals surface area (Å²) in [6.45, 7) is -0.277. The maximum Gasteiger partial charge on any atom is 0.401 e. The van der Waals surface area contributed by atoms with Crippen molar-refractivity contribution in [3.8, 4) is 0 Å². The normalized spacial score (nSPS) is 19.7. The number of imidazole rings is 1. The van der Waals surface area contributed by atoms with E-state index in [1.165, 1.54) is 14.0 Å². The van der Waals surface area contributed by atoms with Crippen LogP contribution in [0.2, 0.25) is 0 Å². The number of hydrogen-bond acceptors (Lipinski definition) is 3. The van der Waals surface area contributed by atoms with E-state index in [4.69, 9.17) is 5.73 Å². The van der Waals surface area contributed by atoms with Crippen LogP contribution >= 0.6 is 0 Å². The van der Waals surface area contributed by atoms with Gasteiger partial charge in [-0.1, -0.05) is 0 Å². The molecule has 2 N–H and O–H groups in total. The molecule has 1 saturated heterocycles. The Morgan fingerprint density at radius 1 is 1.30 bits per heavy atom. The Morgan fingerprint density at radius 3 is 2.74 bits per heavy atom. The largest absolute Gasteiger partial charge is 0.401 e. The fraction of sp³-hybridized carbons (Fsp3) is 0.533. The maximum atomic E-state index is 12.7. The van der Waals surface area contributed by atoms with Crippen LogP contribution in [0.1, 0.15) is 12.8 Å². The van der Waals surface area contributed by atoms with Gasteiger partial charge in [0.15, 0.2) is 0 Å². The molecule has 2 heterocycles. The third-order valence-corrected chi connectivity index (χ3v) is 4.44. The minimum absolute atomic E-state index is 0.232. The molecule has 23 heavy (non-hydrogen) atoms. The van der Waals surface area contributed by atoms with E-state index < -0.39 is 12.7 Å². The van der Waals surface area contributed by atoms with Gasteiger partial charge < -0.3 is 5.73 Å². The van der Waals surface area contributed by atoms with Gasteiger partial charge in [0, 0.05) is 25.3 Å². The standard InChI is InChI=1S/C15H19F3N4O/c1-20-12-5-4-10(19)7-13(12)22(14(20)23)8-11-3-2-6-21(11)9-15(16,17)18/h4-5,7,11H,2-3,6,8-9,19H2,1H3/t11-/m0/s1. The summed E-state index contributed by atoms with van der Waals surface area (Å²) >= 11 is 0. The number of fused-ring (bicyclic) bond motifs is 1. The van der Waals surface area contributed by atoms with Crippen LogP contribution in [0.3, 0.4) is 0 Å². The van der Waals surface area contributed by atoms with Gasteiger partial charge in [-0.2, -0.15) is 13.2 Å². The van der Waals surface area contributed by atoms with Gasteiger partial charge >= 0.3 is 11.9 Å². The number of benzene rings is 1. The lowest BCUT2D eigenvalue weighted by Crippen LogP contribution is -2.41. The maximum absolute atomic E-state index is 12.7. The summed E-state index contributed by atoms with van der Waals surface area (Å²) in [5.74, 6) is 0. The molecule has 1 atom stereocenters. The van der Waals surface area contributed by atoms with Crippen LogP contribution in [-0.4, -0.2) is 39.3 Å². The minimum atomic E-state index is -4.23. The Labute approximate surface area is 131 Å². The summed E-state index contributed by atoms with van der Waals surface area (Å²) in [5, 5.41) is 0.